The highest BCUT2D eigenvalue weighted by molar-refractivity contribution is 7.14. The Morgan fingerprint density at radius 2 is 1.42 bits per heavy atom. The van der Waals surface area contributed by atoms with Crippen LogP contribution in [0.4, 0.5) is 11.4 Å². The zero-order chi connectivity index (χ0) is 30.6. The zero-order valence-electron chi connectivity index (χ0n) is 26.1. The summed E-state index contributed by atoms with van der Waals surface area (Å²) in [4.78, 5) is 31.3. The zero-order valence-corrected chi connectivity index (χ0v) is 27.0. The molecular formula is C36H47N3O3S. The van der Waals surface area contributed by atoms with E-state index in [1.165, 1.54) is 54.7 Å². The molecule has 3 aromatic rings. The minimum absolute atomic E-state index is 0.0533. The lowest BCUT2D eigenvalue weighted by Gasteiger charge is -2.37. The molecule has 6 nitrogen and oxygen atoms in total. The first kappa shape index (κ1) is 31.1. The van der Waals surface area contributed by atoms with Crippen LogP contribution in [0.25, 0.3) is 0 Å². The number of benzene rings is 2. The molecule has 43 heavy (non-hydrogen) atoms. The Kier molecular flexibility index (Phi) is 9.80. The van der Waals surface area contributed by atoms with Crippen molar-refractivity contribution in [3.63, 3.8) is 0 Å². The summed E-state index contributed by atoms with van der Waals surface area (Å²) in [6, 6.07) is 20.2. The van der Waals surface area contributed by atoms with Crippen molar-refractivity contribution < 1.29 is 14.7 Å². The fourth-order valence-electron chi connectivity index (χ4n) is 6.46. The van der Waals surface area contributed by atoms with Gasteiger partial charge >= 0.3 is 5.97 Å². The predicted molar refractivity (Wildman–Crippen MR) is 178 cm³/mol. The van der Waals surface area contributed by atoms with Gasteiger partial charge in [-0.15, -0.1) is 11.3 Å². The van der Waals surface area contributed by atoms with E-state index in [0.29, 0.717) is 4.88 Å². The topological polar surface area (TPSA) is 72.9 Å². The number of rotatable bonds is 9. The summed E-state index contributed by atoms with van der Waals surface area (Å²) in [6.07, 6.45) is 6.96. The molecule has 2 aromatic carbocycles. The molecule has 2 fully saturated rings. The van der Waals surface area contributed by atoms with Crippen LogP contribution in [-0.4, -0.2) is 49.2 Å². The number of carbonyl (C=O) groups is 2. The van der Waals surface area contributed by atoms with Crippen molar-refractivity contribution in [2.24, 2.45) is 5.92 Å². The number of carboxylic acid groups (broad SMARTS) is 1. The minimum Gasteiger partial charge on any atom is -0.480 e. The van der Waals surface area contributed by atoms with Crippen LogP contribution in [0.2, 0.25) is 0 Å². The monoisotopic (exact) mass is 601 g/mol. The summed E-state index contributed by atoms with van der Waals surface area (Å²) >= 11 is 1.42. The summed E-state index contributed by atoms with van der Waals surface area (Å²) in [6.45, 7) is 12.4. The third-order valence-electron chi connectivity index (χ3n) is 9.35. The Morgan fingerprint density at radius 3 is 1.91 bits per heavy atom. The number of aliphatic carboxylic acids is 1. The number of amides is 1. The van der Waals surface area contributed by atoms with E-state index in [9.17, 15) is 14.7 Å². The molecule has 1 saturated heterocycles. The van der Waals surface area contributed by atoms with E-state index in [1.54, 1.807) is 6.07 Å². The third-order valence-corrected chi connectivity index (χ3v) is 10.9. The fourth-order valence-corrected chi connectivity index (χ4v) is 7.42. The van der Waals surface area contributed by atoms with Crippen molar-refractivity contribution >= 4 is 34.6 Å². The SMILES string of the molecule is CCC1CCC(c2ccc(N3CCN(c4ccc(CC(NC(=O)c5ccc(C(C)(C)C)s5)C(=O)O)cc4)CC3)cc2)CC1. The first-order valence-electron chi connectivity index (χ1n) is 15.9. The molecule has 2 N–H and O–H groups in total. The van der Waals surface area contributed by atoms with Gasteiger partial charge in [-0.2, -0.15) is 0 Å². The van der Waals surface area contributed by atoms with Crippen LogP contribution < -0.4 is 15.1 Å². The van der Waals surface area contributed by atoms with Gasteiger partial charge in [0.05, 0.1) is 4.88 Å². The van der Waals surface area contributed by atoms with Gasteiger partial charge in [0, 0.05) is 48.9 Å². The molecule has 0 radical (unpaired) electrons. The van der Waals surface area contributed by atoms with E-state index in [-0.39, 0.29) is 17.7 Å². The van der Waals surface area contributed by atoms with Crippen molar-refractivity contribution in [3.05, 3.63) is 81.5 Å². The van der Waals surface area contributed by atoms with Crippen LogP contribution >= 0.6 is 11.3 Å². The molecule has 0 spiro atoms. The van der Waals surface area contributed by atoms with Gasteiger partial charge in [-0.3, -0.25) is 4.79 Å². The molecule has 1 atom stereocenters. The summed E-state index contributed by atoms with van der Waals surface area (Å²) < 4.78 is 0. The van der Waals surface area contributed by atoms with Crippen LogP contribution in [0.3, 0.4) is 0 Å². The maximum atomic E-state index is 12.8. The number of nitrogens with one attached hydrogen (secondary N) is 1. The van der Waals surface area contributed by atoms with Crippen molar-refractivity contribution in [1.29, 1.82) is 0 Å². The van der Waals surface area contributed by atoms with Crippen molar-refractivity contribution in [2.45, 2.75) is 83.6 Å². The number of hydrogen-bond acceptors (Lipinski definition) is 5. The van der Waals surface area contributed by atoms with Crippen molar-refractivity contribution in [1.82, 2.24) is 5.32 Å². The highest BCUT2D eigenvalue weighted by atomic mass is 32.1. The maximum absolute atomic E-state index is 12.8. The Morgan fingerprint density at radius 1 is 0.860 bits per heavy atom. The van der Waals surface area contributed by atoms with Gasteiger partial charge in [0.25, 0.3) is 5.91 Å². The molecule has 2 aliphatic rings. The quantitative estimate of drug-likeness (QED) is 0.266. The molecule has 230 valence electrons. The Balaban J connectivity index is 1.12. The summed E-state index contributed by atoms with van der Waals surface area (Å²) in [7, 11) is 0. The van der Waals surface area contributed by atoms with E-state index in [1.807, 2.05) is 18.2 Å². The molecule has 5 rings (SSSR count). The molecule has 1 unspecified atom stereocenters. The predicted octanol–water partition coefficient (Wildman–Crippen LogP) is 7.48. The number of piperazine rings is 1. The highest BCUT2D eigenvalue weighted by Gasteiger charge is 2.25. The first-order valence-corrected chi connectivity index (χ1v) is 16.7. The largest absolute Gasteiger partial charge is 0.480 e. The lowest BCUT2D eigenvalue weighted by atomic mass is 9.78. The van der Waals surface area contributed by atoms with Gasteiger partial charge in [-0.1, -0.05) is 58.4 Å². The molecule has 1 amide bonds. The fraction of sp³-hybridized carbons (Fsp3) is 0.500. The van der Waals surface area contributed by atoms with E-state index in [4.69, 9.17) is 0 Å². The number of thiophene rings is 1. The molecular weight excluding hydrogens is 554 g/mol. The van der Waals surface area contributed by atoms with Gasteiger partial charge in [0.2, 0.25) is 0 Å². The molecule has 7 heteroatoms. The van der Waals surface area contributed by atoms with Crippen molar-refractivity contribution in [2.75, 3.05) is 36.0 Å². The average molecular weight is 602 g/mol. The molecule has 2 heterocycles. The minimum atomic E-state index is -1.03. The summed E-state index contributed by atoms with van der Waals surface area (Å²) in [5.41, 5.74) is 4.79. The average Bonchev–Trinajstić information content (AvgIpc) is 3.53. The van der Waals surface area contributed by atoms with E-state index < -0.39 is 12.0 Å². The van der Waals surface area contributed by atoms with Gasteiger partial charge in [-0.05, 0) is 90.5 Å². The normalized spacial score (nSPS) is 20.1. The van der Waals surface area contributed by atoms with E-state index >= 15 is 0 Å². The van der Waals surface area contributed by atoms with Gasteiger partial charge < -0.3 is 20.2 Å². The van der Waals surface area contributed by atoms with Crippen LogP contribution in [0.15, 0.2) is 60.7 Å². The maximum Gasteiger partial charge on any atom is 0.326 e. The summed E-state index contributed by atoms with van der Waals surface area (Å²) in [5.74, 6) is 0.284. The molecule has 1 aromatic heterocycles. The molecule has 1 aliphatic heterocycles. The van der Waals surface area contributed by atoms with E-state index in [0.717, 1.165) is 54.1 Å². The van der Waals surface area contributed by atoms with Crippen LogP contribution in [0.5, 0.6) is 0 Å². The third kappa shape index (κ3) is 7.80. The molecule has 1 aliphatic carbocycles. The number of nitrogens with zero attached hydrogens (tertiary/aromatic N) is 2. The van der Waals surface area contributed by atoms with E-state index in [2.05, 4.69) is 79.2 Å². The Bertz CT molecular complexity index is 1360. The number of carboxylic acids is 1. The second-order valence-electron chi connectivity index (χ2n) is 13.3. The van der Waals surface area contributed by atoms with Crippen LogP contribution in [0, 0.1) is 5.92 Å². The molecule has 1 saturated carbocycles. The Labute approximate surface area is 261 Å². The van der Waals surface area contributed by atoms with Crippen molar-refractivity contribution in [3.8, 4) is 0 Å². The second kappa shape index (κ2) is 13.5. The molecule has 0 bridgehead atoms. The number of carbonyl (C=O) groups excluding carboxylic acids is 1. The van der Waals surface area contributed by atoms with Crippen LogP contribution in [0.1, 0.15) is 91.4 Å². The number of hydrogen-bond donors (Lipinski definition) is 2. The Hall–Kier alpha value is -3.32. The number of anilines is 2. The second-order valence-corrected chi connectivity index (χ2v) is 14.4. The highest BCUT2D eigenvalue weighted by Crippen LogP contribution is 2.37. The van der Waals surface area contributed by atoms with Gasteiger partial charge in [0.1, 0.15) is 6.04 Å². The first-order chi connectivity index (χ1) is 20.6. The standard InChI is InChI=1S/C36H47N3O3S/c1-5-25-6-10-27(11-7-25)28-12-16-30(17-13-28)39-22-20-38(21-23-39)29-14-8-26(9-15-29)24-31(35(41)42)37-34(40)32-18-19-33(43-32)36(2,3)4/h8-9,12-19,25,27,31H,5-7,10-11,20-24H2,1-4H3,(H,37,40)(H,41,42). The smallest absolute Gasteiger partial charge is 0.326 e. The summed E-state index contributed by atoms with van der Waals surface area (Å²) in [5, 5.41) is 12.5. The van der Waals surface area contributed by atoms with Gasteiger partial charge in [0.15, 0.2) is 0 Å². The lowest BCUT2D eigenvalue weighted by Crippen LogP contribution is -2.46. The lowest BCUT2D eigenvalue weighted by molar-refractivity contribution is -0.139. The van der Waals surface area contributed by atoms with Crippen LogP contribution in [-0.2, 0) is 16.6 Å². The van der Waals surface area contributed by atoms with Gasteiger partial charge in [-0.25, -0.2) is 4.79 Å².